The number of hydrogen-bond donors (Lipinski definition) is 0. The van der Waals surface area contributed by atoms with Gasteiger partial charge in [0.2, 0.25) is 0 Å². The SMILES string of the molecule is CC1=CC(=O)C2C(C=O)=CCC3C(C(C)C=CC4OC4(C)C)CCC3(C)CC12. The number of fused-ring (bicyclic) bond motifs is 2. The highest BCUT2D eigenvalue weighted by molar-refractivity contribution is 6.01. The third-order valence-electron chi connectivity index (χ3n) is 8.24. The van der Waals surface area contributed by atoms with Gasteiger partial charge in [0.1, 0.15) is 12.4 Å². The van der Waals surface area contributed by atoms with Crippen LogP contribution in [0, 0.1) is 35.0 Å². The van der Waals surface area contributed by atoms with Gasteiger partial charge in [0.15, 0.2) is 5.78 Å². The van der Waals surface area contributed by atoms with Gasteiger partial charge in [-0.25, -0.2) is 0 Å². The van der Waals surface area contributed by atoms with E-state index >= 15 is 0 Å². The van der Waals surface area contributed by atoms with Crippen molar-refractivity contribution in [2.24, 2.45) is 35.0 Å². The van der Waals surface area contributed by atoms with Crippen molar-refractivity contribution in [1.82, 2.24) is 0 Å². The van der Waals surface area contributed by atoms with Crippen molar-refractivity contribution < 1.29 is 14.3 Å². The molecule has 0 bridgehead atoms. The van der Waals surface area contributed by atoms with Gasteiger partial charge >= 0.3 is 0 Å². The summed E-state index contributed by atoms with van der Waals surface area (Å²) in [5.41, 5.74) is 2.10. The van der Waals surface area contributed by atoms with Crippen LogP contribution in [0.3, 0.4) is 0 Å². The summed E-state index contributed by atoms with van der Waals surface area (Å²) in [4.78, 5) is 24.3. The highest BCUT2D eigenvalue weighted by Crippen LogP contribution is 2.58. The maximum atomic E-state index is 12.5. The molecule has 0 aromatic rings. The Kier molecular flexibility index (Phi) is 4.81. The standard InChI is InChI=1S/C25H34O3/c1-15(6-9-22-24(3,4)28-22)18-10-11-25(5)13-19-16(2)12-21(27)23(19)17(14-26)7-8-20(18)25/h6-7,9,12,14-15,18-20,22-23H,8,10-11,13H2,1-5H3. The number of hydrogen-bond acceptors (Lipinski definition) is 3. The molecule has 3 heteroatoms. The number of epoxide rings is 1. The van der Waals surface area contributed by atoms with Crippen LogP contribution in [0.25, 0.3) is 0 Å². The molecule has 7 atom stereocenters. The average Bonchev–Trinajstić information content (AvgIpc) is 2.97. The molecule has 1 aliphatic heterocycles. The Hall–Kier alpha value is -1.48. The van der Waals surface area contributed by atoms with Crippen LogP contribution in [0.2, 0.25) is 0 Å². The molecule has 0 spiro atoms. The summed E-state index contributed by atoms with van der Waals surface area (Å²) in [6, 6.07) is 0. The normalized spacial score (nSPS) is 42.9. The monoisotopic (exact) mass is 382 g/mol. The van der Waals surface area contributed by atoms with E-state index < -0.39 is 0 Å². The molecule has 2 fully saturated rings. The number of carbonyl (C=O) groups is 2. The lowest BCUT2D eigenvalue weighted by atomic mass is 9.63. The molecule has 28 heavy (non-hydrogen) atoms. The second-order valence-electron chi connectivity index (χ2n) is 10.5. The van der Waals surface area contributed by atoms with Crippen LogP contribution in [0.15, 0.2) is 35.5 Å². The summed E-state index contributed by atoms with van der Waals surface area (Å²) in [5.74, 6) is 1.76. The predicted molar refractivity (Wildman–Crippen MR) is 111 cm³/mol. The van der Waals surface area contributed by atoms with E-state index in [0.717, 1.165) is 24.7 Å². The van der Waals surface area contributed by atoms with Crippen molar-refractivity contribution in [3.05, 3.63) is 35.5 Å². The van der Waals surface area contributed by atoms with Crippen LogP contribution in [0.5, 0.6) is 0 Å². The molecule has 0 aromatic carbocycles. The molecule has 0 aromatic heterocycles. The molecule has 0 radical (unpaired) electrons. The van der Waals surface area contributed by atoms with E-state index in [9.17, 15) is 9.59 Å². The van der Waals surface area contributed by atoms with Gasteiger partial charge in [-0.2, -0.15) is 0 Å². The second kappa shape index (κ2) is 6.79. The minimum atomic E-state index is -0.235. The van der Waals surface area contributed by atoms with Gasteiger partial charge in [-0.3, -0.25) is 9.59 Å². The first-order valence-corrected chi connectivity index (χ1v) is 10.9. The van der Waals surface area contributed by atoms with E-state index in [2.05, 4.69) is 52.8 Å². The molecule has 152 valence electrons. The van der Waals surface area contributed by atoms with E-state index in [1.165, 1.54) is 12.8 Å². The average molecular weight is 383 g/mol. The first kappa shape index (κ1) is 19.8. The predicted octanol–water partition coefficient (Wildman–Crippen LogP) is 5.07. The molecular formula is C25H34O3. The van der Waals surface area contributed by atoms with E-state index in [4.69, 9.17) is 4.74 Å². The van der Waals surface area contributed by atoms with Crippen molar-refractivity contribution in [3.8, 4) is 0 Å². The number of aldehydes is 1. The fraction of sp³-hybridized carbons (Fsp3) is 0.680. The van der Waals surface area contributed by atoms with Crippen LogP contribution in [0.4, 0.5) is 0 Å². The summed E-state index contributed by atoms with van der Waals surface area (Å²) in [5, 5.41) is 0. The largest absolute Gasteiger partial charge is 0.362 e. The molecule has 4 aliphatic rings. The van der Waals surface area contributed by atoms with Gasteiger partial charge in [-0.05, 0) is 87.2 Å². The van der Waals surface area contributed by atoms with Crippen molar-refractivity contribution >= 4 is 12.1 Å². The summed E-state index contributed by atoms with van der Waals surface area (Å²) in [6.07, 6.45) is 14.0. The zero-order valence-electron chi connectivity index (χ0n) is 17.9. The lowest BCUT2D eigenvalue weighted by Crippen LogP contribution is -2.34. The molecule has 3 aliphatic carbocycles. The molecule has 1 saturated carbocycles. The van der Waals surface area contributed by atoms with Gasteiger partial charge in [0, 0.05) is 0 Å². The van der Waals surface area contributed by atoms with Crippen LogP contribution in [-0.2, 0) is 14.3 Å². The van der Waals surface area contributed by atoms with Crippen molar-refractivity contribution in [2.75, 3.05) is 0 Å². The Bertz CT molecular complexity index is 771. The quantitative estimate of drug-likeness (QED) is 0.387. The third kappa shape index (κ3) is 3.26. The minimum Gasteiger partial charge on any atom is -0.362 e. The molecular weight excluding hydrogens is 348 g/mol. The van der Waals surface area contributed by atoms with E-state index in [1.807, 2.05) is 0 Å². The summed E-state index contributed by atoms with van der Waals surface area (Å²) in [6.45, 7) is 11.1. The molecule has 7 unspecified atom stereocenters. The van der Waals surface area contributed by atoms with Gasteiger partial charge < -0.3 is 4.74 Å². The highest BCUT2D eigenvalue weighted by atomic mass is 16.6. The number of rotatable bonds is 4. The maximum Gasteiger partial charge on any atom is 0.163 e. The number of carbonyl (C=O) groups excluding carboxylic acids is 2. The van der Waals surface area contributed by atoms with Crippen LogP contribution >= 0.6 is 0 Å². The van der Waals surface area contributed by atoms with Crippen molar-refractivity contribution in [2.45, 2.75) is 72.0 Å². The van der Waals surface area contributed by atoms with Gasteiger partial charge in [-0.15, -0.1) is 0 Å². The van der Waals surface area contributed by atoms with E-state index in [0.29, 0.717) is 23.3 Å². The topological polar surface area (TPSA) is 46.7 Å². The number of ether oxygens (including phenoxy) is 1. The summed E-state index contributed by atoms with van der Waals surface area (Å²) in [7, 11) is 0. The van der Waals surface area contributed by atoms with E-state index in [1.54, 1.807) is 6.08 Å². The van der Waals surface area contributed by atoms with Crippen LogP contribution in [-0.4, -0.2) is 23.8 Å². The molecule has 1 heterocycles. The number of allylic oxidation sites excluding steroid dienone is 5. The molecule has 0 amide bonds. The zero-order chi connectivity index (χ0) is 20.3. The van der Waals surface area contributed by atoms with Crippen molar-refractivity contribution in [3.63, 3.8) is 0 Å². The van der Waals surface area contributed by atoms with Crippen LogP contribution in [0.1, 0.15) is 60.3 Å². The Morgan fingerprint density at radius 1 is 1.29 bits per heavy atom. The van der Waals surface area contributed by atoms with Gasteiger partial charge in [-0.1, -0.05) is 37.6 Å². The molecule has 3 nitrogen and oxygen atoms in total. The minimum absolute atomic E-state index is 0.00384. The zero-order valence-corrected chi connectivity index (χ0v) is 17.9. The summed E-state index contributed by atoms with van der Waals surface area (Å²) < 4.78 is 5.70. The fourth-order valence-corrected chi connectivity index (χ4v) is 6.30. The highest BCUT2D eigenvalue weighted by Gasteiger charge is 2.51. The van der Waals surface area contributed by atoms with Crippen LogP contribution < -0.4 is 0 Å². The summed E-state index contributed by atoms with van der Waals surface area (Å²) >= 11 is 0. The molecule has 4 rings (SSSR count). The first-order valence-electron chi connectivity index (χ1n) is 10.9. The Labute approximate surface area is 169 Å². The van der Waals surface area contributed by atoms with Gasteiger partial charge in [0.25, 0.3) is 0 Å². The smallest absolute Gasteiger partial charge is 0.163 e. The molecule has 1 saturated heterocycles. The maximum absolute atomic E-state index is 12.5. The third-order valence-corrected chi connectivity index (χ3v) is 8.24. The lowest BCUT2D eigenvalue weighted by Gasteiger charge is -2.40. The Morgan fingerprint density at radius 3 is 2.64 bits per heavy atom. The lowest BCUT2D eigenvalue weighted by molar-refractivity contribution is -0.119. The van der Waals surface area contributed by atoms with Gasteiger partial charge in [0.05, 0.1) is 11.5 Å². The first-order chi connectivity index (χ1) is 13.2. The number of ketones is 1. The Balaban J connectivity index is 1.58. The van der Waals surface area contributed by atoms with E-state index in [-0.39, 0.29) is 34.7 Å². The second-order valence-corrected chi connectivity index (χ2v) is 10.5. The van der Waals surface area contributed by atoms with Crippen molar-refractivity contribution in [1.29, 1.82) is 0 Å². The Morgan fingerprint density at radius 2 is 2.00 bits per heavy atom. The molecule has 0 N–H and O–H groups in total. The fourth-order valence-electron chi connectivity index (χ4n) is 6.30.